The Balaban J connectivity index is 1.51. The fraction of sp³-hybridized carbons (Fsp3) is 0.412. The summed E-state index contributed by atoms with van der Waals surface area (Å²) in [5.41, 5.74) is 9.97. The molecule has 0 bridgehead atoms. The third-order valence-electron chi connectivity index (χ3n) is 9.01. The highest BCUT2D eigenvalue weighted by molar-refractivity contribution is 6.42. The number of piperidine rings is 1. The number of Topliss-reactive ketones (excluding diaryl/α,β-unsaturated/α-hetero) is 1. The lowest BCUT2D eigenvalue weighted by molar-refractivity contribution is -0.136. The SMILES string of the molecule is Cc1cc(C)cc(C(=O)N2CCN(C3CCN(Cc4ccccc4)CC3)C(C)(c3ccc(Cl)c(Cl)c3)C2C(=O)CN)c1. The van der Waals surface area contributed by atoms with Crippen LogP contribution in [-0.2, 0) is 16.9 Å². The smallest absolute Gasteiger partial charge is 0.254 e. The van der Waals surface area contributed by atoms with E-state index in [1.165, 1.54) is 5.56 Å². The Morgan fingerprint density at radius 3 is 2.17 bits per heavy atom. The predicted molar refractivity (Wildman–Crippen MR) is 170 cm³/mol. The summed E-state index contributed by atoms with van der Waals surface area (Å²) in [5, 5.41) is 0.871. The molecule has 42 heavy (non-hydrogen) atoms. The van der Waals surface area contributed by atoms with Crippen molar-refractivity contribution < 1.29 is 9.59 Å². The van der Waals surface area contributed by atoms with E-state index in [9.17, 15) is 9.59 Å². The van der Waals surface area contributed by atoms with Gasteiger partial charge in [0.1, 0.15) is 6.04 Å². The topological polar surface area (TPSA) is 69.9 Å². The van der Waals surface area contributed by atoms with Gasteiger partial charge < -0.3 is 10.6 Å². The van der Waals surface area contributed by atoms with Crippen molar-refractivity contribution in [2.45, 2.75) is 57.8 Å². The summed E-state index contributed by atoms with van der Waals surface area (Å²) in [6.07, 6.45) is 1.91. The molecular formula is C34H40Cl2N4O2. The molecule has 2 unspecified atom stereocenters. The fourth-order valence-electron chi connectivity index (χ4n) is 7.05. The van der Waals surface area contributed by atoms with E-state index in [1.807, 2.05) is 50.2 Å². The van der Waals surface area contributed by atoms with Gasteiger partial charge >= 0.3 is 0 Å². The van der Waals surface area contributed by atoms with Gasteiger partial charge in [-0.3, -0.25) is 19.4 Å². The lowest BCUT2D eigenvalue weighted by Gasteiger charge is -2.57. The molecule has 2 fully saturated rings. The molecule has 2 aliphatic rings. The number of piperazine rings is 1. The molecule has 222 valence electrons. The Bertz CT molecular complexity index is 1420. The van der Waals surface area contributed by atoms with Gasteiger partial charge in [-0.25, -0.2) is 0 Å². The summed E-state index contributed by atoms with van der Waals surface area (Å²) >= 11 is 12.9. The highest BCUT2D eigenvalue weighted by atomic mass is 35.5. The largest absolute Gasteiger partial charge is 0.325 e. The summed E-state index contributed by atoms with van der Waals surface area (Å²) < 4.78 is 0. The monoisotopic (exact) mass is 606 g/mol. The second-order valence-electron chi connectivity index (χ2n) is 11.9. The van der Waals surface area contributed by atoms with Gasteiger partial charge in [0.05, 0.1) is 22.1 Å². The zero-order chi connectivity index (χ0) is 30.0. The molecule has 0 aromatic heterocycles. The first-order chi connectivity index (χ1) is 20.1. The molecule has 1 amide bonds. The first-order valence-corrected chi connectivity index (χ1v) is 15.5. The molecular weight excluding hydrogens is 567 g/mol. The van der Waals surface area contributed by atoms with E-state index >= 15 is 0 Å². The van der Waals surface area contributed by atoms with E-state index < -0.39 is 11.6 Å². The third kappa shape index (κ3) is 6.15. The van der Waals surface area contributed by atoms with Crippen molar-refractivity contribution in [3.05, 3.63) is 105 Å². The van der Waals surface area contributed by atoms with Crippen molar-refractivity contribution >= 4 is 34.9 Å². The second kappa shape index (κ2) is 12.9. The number of ketones is 1. The summed E-state index contributed by atoms with van der Waals surface area (Å²) in [6, 6.07) is 21.4. The number of carbonyl (C=O) groups excluding carboxylic acids is 2. The van der Waals surface area contributed by atoms with Crippen molar-refractivity contribution in [1.82, 2.24) is 14.7 Å². The van der Waals surface area contributed by atoms with E-state index in [1.54, 1.807) is 11.0 Å². The molecule has 0 spiro atoms. The van der Waals surface area contributed by atoms with Crippen LogP contribution in [0.4, 0.5) is 0 Å². The number of halogens is 2. The van der Waals surface area contributed by atoms with Gasteiger partial charge in [-0.1, -0.05) is 76.8 Å². The number of hydrogen-bond acceptors (Lipinski definition) is 5. The minimum absolute atomic E-state index is 0.155. The standard InChI is InChI=1S/C34H40Cl2N4O2/c1-23-17-24(2)19-26(18-23)33(42)39-15-16-40(28-11-13-38(14-12-28)22-25-7-5-4-6-8-25)34(3,32(39)31(41)21-37)27-9-10-29(35)30(36)20-27/h4-10,17-20,28,32H,11-16,21-22,37H2,1-3H3. The molecule has 0 aliphatic carbocycles. The first-order valence-electron chi connectivity index (χ1n) is 14.7. The van der Waals surface area contributed by atoms with E-state index in [0.717, 1.165) is 49.2 Å². The molecule has 2 aliphatic heterocycles. The number of likely N-dealkylation sites (tertiary alicyclic amines) is 1. The lowest BCUT2D eigenvalue weighted by atomic mass is 9.76. The molecule has 5 rings (SSSR count). The number of hydrogen-bond donors (Lipinski definition) is 1. The average molecular weight is 608 g/mol. The van der Waals surface area contributed by atoms with Gasteiger partial charge in [-0.05, 0) is 82.1 Å². The van der Waals surface area contributed by atoms with Crippen LogP contribution in [0.2, 0.25) is 10.0 Å². The van der Waals surface area contributed by atoms with Crippen molar-refractivity contribution in [3.63, 3.8) is 0 Å². The van der Waals surface area contributed by atoms with Crippen LogP contribution in [0, 0.1) is 13.8 Å². The molecule has 3 aromatic rings. The quantitative estimate of drug-likeness (QED) is 0.366. The number of aryl methyl sites for hydroxylation is 2. The van der Waals surface area contributed by atoms with Crippen LogP contribution >= 0.6 is 23.2 Å². The molecule has 8 heteroatoms. The van der Waals surface area contributed by atoms with Crippen LogP contribution < -0.4 is 5.73 Å². The maximum atomic E-state index is 14.1. The van der Waals surface area contributed by atoms with Crippen molar-refractivity contribution in [2.75, 3.05) is 32.7 Å². The van der Waals surface area contributed by atoms with Crippen LogP contribution in [0.25, 0.3) is 0 Å². The zero-order valence-corrected chi connectivity index (χ0v) is 26.2. The van der Waals surface area contributed by atoms with Crippen LogP contribution in [0.1, 0.15) is 52.4 Å². The molecule has 2 saturated heterocycles. The summed E-state index contributed by atoms with van der Waals surface area (Å²) in [5.74, 6) is -0.329. The maximum absolute atomic E-state index is 14.1. The molecule has 0 saturated carbocycles. The maximum Gasteiger partial charge on any atom is 0.254 e. The normalized spacial score (nSPS) is 22.3. The van der Waals surface area contributed by atoms with Crippen LogP contribution in [0.15, 0.2) is 66.7 Å². The molecule has 3 aromatic carbocycles. The van der Waals surface area contributed by atoms with Crippen molar-refractivity contribution in [1.29, 1.82) is 0 Å². The Morgan fingerprint density at radius 1 is 0.881 bits per heavy atom. The van der Waals surface area contributed by atoms with Crippen LogP contribution in [0.3, 0.4) is 0 Å². The number of nitrogens with zero attached hydrogens (tertiary/aromatic N) is 3. The Labute approximate surface area is 259 Å². The highest BCUT2D eigenvalue weighted by Gasteiger charge is 2.54. The van der Waals surface area contributed by atoms with Gasteiger partial charge in [0.25, 0.3) is 5.91 Å². The number of rotatable bonds is 7. The lowest BCUT2D eigenvalue weighted by Crippen LogP contribution is -2.71. The molecule has 2 atom stereocenters. The number of nitrogens with two attached hydrogens (primary N) is 1. The molecule has 2 N–H and O–H groups in total. The highest BCUT2D eigenvalue weighted by Crippen LogP contribution is 2.43. The predicted octanol–water partition coefficient (Wildman–Crippen LogP) is 5.84. The van der Waals surface area contributed by atoms with E-state index in [2.05, 4.69) is 41.0 Å². The Hall–Kier alpha value is -2.74. The van der Waals surface area contributed by atoms with E-state index in [4.69, 9.17) is 28.9 Å². The van der Waals surface area contributed by atoms with Crippen LogP contribution in [0.5, 0.6) is 0 Å². The molecule has 2 heterocycles. The van der Waals surface area contributed by atoms with E-state index in [0.29, 0.717) is 28.7 Å². The van der Waals surface area contributed by atoms with Crippen LogP contribution in [-0.4, -0.2) is 71.2 Å². The molecule has 0 radical (unpaired) electrons. The second-order valence-corrected chi connectivity index (χ2v) is 12.7. The number of carbonyl (C=O) groups is 2. The van der Waals surface area contributed by atoms with Crippen molar-refractivity contribution in [2.24, 2.45) is 5.73 Å². The van der Waals surface area contributed by atoms with Gasteiger partial charge in [0.2, 0.25) is 0 Å². The Kier molecular flexibility index (Phi) is 9.41. The number of benzene rings is 3. The van der Waals surface area contributed by atoms with Gasteiger partial charge in [0.15, 0.2) is 5.78 Å². The average Bonchev–Trinajstić information content (AvgIpc) is 2.98. The minimum Gasteiger partial charge on any atom is -0.325 e. The molecule has 6 nitrogen and oxygen atoms in total. The van der Waals surface area contributed by atoms with Gasteiger partial charge in [0, 0.05) is 31.2 Å². The van der Waals surface area contributed by atoms with E-state index in [-0.39, 0.29) is 24.3 Å². The summed E-state index contributed by atoms with van der Waals surface area (Å²) in [4.78, 5) is 34.7. The minimum atomic E-state index is -0.857. The summed E-state index contributed by atoms with van der Waals surface area (Å²) in [7, 11) is 0. The third-order valence-corrected chi connectivity index (χ3v) is 9.75. The summed E-state index contributed by atoms with van der Waals surface area (Å²) in [6.45, 7) is 9.76. The number of amides is 1. The van der Waals surface area contributed by atoms with Gasteiger partial charge in [-0.2, -0.15) is 0 Å². The fourth-order valence-corrected chi connectivity index (χ4v) is 7.34. The van der Waals surface area contributed by atoms with Crippen molar-refractivity contribution in [3.8, 4) is 0 Å². The van der Waals surface area contributed by atoms with Gasteiger partial charge in [-0.15, -0.1) is 0 Å². The first kappa shape index (κ1) is 30.7. The Morgan fingerprint density at radius 2 is 1.55 bits per heavy atom. The zero-order valence-electron chi connectivity index (χ0n) is 24.7.